The van der Waals surface area contributed by atoms with Crippen LogP contribution < -0.4 is 5.32 Å². The minimum atomic E-state index is -0.190. The number of hydrogen-bond donors (Lipinski definition) is 1. The lowest BCUT2D eigenvalue weighted by Gasteiger charge is -2.08. The largest absolute Gasteiger partial charge is 0.383 e. The fourth-order valence-electron chi connectivity index (χ4n) is 1.21. The Morgan fingerprint density at radius 2 is 2.06 bits per heavy atom. The van der Waals surface area contributed by atoms with Crippen LogP contribution in [0.25, 0.3) is 0 Å². The number of anilines is 1. The van der Waals surface area contributed by atoms with Crippen molar-refractivity contribution in [2.24, 2.45) is 0 Å². The van der Waals surface area contributed by atoms with E-state index in [1.807, 2.05) is 6.07 Å². The summed E-state index contributed by atoms with van der Waals surface area (Å²) >= 11 is 0. The molecule has 1 N–H and O–H groups in total. The summed E-state index contributed by atoms with van der Waals surface area (Å²) < 4.78 is 23.3. The van der Waals surface area contributed by atoms with Crippen LogP contribution in [-0.4, -0.2) is 33.5 Å². The Balaban J connectivity index is 2.19. The molecule has 0 aromatic heterocycles. The van der Waals surface area contributed by atoms with Crippen LogP contribution in [0.15, 0.2) is 18.2 Å². The van der Waals surface area contributed by atoms with Gasteiger partial charge < -0.3 is 14.8 Å². The van der Waals surface area contributed by atoms with Crippen LogP contribution in [0.4, 0.5) is 10.1 Å². The third-order valence-corrected chi connectivity index (χ3v) is 2.18. The highest BCUT2D eigenvalue weighted by atomic mass is 19.1. The molecular weight excluding hydrogens is 209 g/mol. The van der Waals surface area contributed by atoms with Crippen molar-refractivity contribution in [2.45, 2.75) is 6.92 Å². The van der Waals surface area contributed by atoms with Crippen LogP contribution in [0.5, 0.6) is 0 Å². The van der Waals surface area contributed by atoms with E-state index in [9.17, 15) is 4.39 Å². The first-order valence-electron chi connectivity index (χ1n) is 5.30. The average Bonchev–Trinajstić information content (AvgIpc) is 2.28. The van der Waals surface area contributed by atoms with E-state index in [4.69, 9.17) is 9.47 Å². The molecular formula is C12H18FNO2. The lowest BCUT2D eigenvalue weighted by molar-refractivity contribution is 0.0759. The number of ether oxygens (including phenoxy) is 2. The van der Waals surface area contributed by atoms with Gasteiger partial charge >= 0.3 is 0 Å². The molecule has 0 saturated carbocycles. The Labute approximate surface area is 95.6 Å². The summed E-state index contributed by atoms with van der Waals surface area (Å²) in [6.07, 6.45) is 0. The molecule has 0 atom stereocenters. The second-order valence-electron chi connectivity index (χ2n) is 3.50. The molecule has 1 aromatic rings. The standard InChI is InChI=1S/C12H18FNO2/c1-10-3-4-11(9-12(10)13)14-5-6-16-8-7-15-2/h3-4,9,14H,5-8H2,1-2H3. The maximum atomic E-state index is 13.2. The van der Waals surface area contributed by atoms with Gasteiger partial charge in [-0.2, -0.15) is 0 Å². The van der Waals surface area contributed by atoms with Gasteiger partial charge in [-0.05, 0) is 24.6 Å². The Morgan fingerprint density at radius 3 is 2.75 bits per heavy atom. The monoisotopic (exact) mass is 227 g/mol. The highest BCUT2D eigenvalue weighted by Crippen LogP contribution is 2.12. The number of rotatable bonds is 7. The molecule has 3 nitrogen and oxygen atoms in total. The van der Waals surface area contributed by atoms with E-state index in [0.29, 0.717) is 31.9 Å². The fraction of sp³-hybridized carbons (Fsp3) is 0.500. The van der Waals surface area contributed by atoms with Crippen molar-refractivity contribution in [2.75, 3.05) is 38.8 Å². The van der Waals surface area contributed by atoms with Gasteiger partial charge in [-0.15, -0.1) is 0 Å². The van der Waals surface area contributed by atoms with Crippen LogP contribution in [0.1, 0.15) is 5.56 Å². The smallest absolute Gasteiger partial charge is 0.128 e. The van der Waals surface area contributed by atoms with Gasteiger partial charge in [0.15, 0.2) is 0 Å². The van der Waals surface area contributed by atoms with Crippen molar-refractivity contribution in [3.63, 3.8) is 0 Å². The van der Waals surface area contributed by atoms with Crippen LogP contribution in [0, 0.1) is 12.7 Å². The van der Waals surface area contributed by atoms with E-state index in [0.717, 1.165) is 5.69 Å². The predicted octanol–water partition coefficient (Wildman–Crippen LogP) is 2.21. The number of aryl methyl sites for hydroxylation is 1. The van der Waals surface area contributed by atoms with Gasteiger partial charge in [0.25, 0.3) is 0 Å². The van der Waals surface area contributed by atoms with Gasteiger partial charge in [-0.25, -0.2) is 4.39 Å². The molecule has 0 spiro atoms. The zero-order valence-corrected chi connectivity index (χ0v) is 9.75. The van der Waals surface area contributed by atoms with Crippen molar-refractivity contribution in [1.82, 2.24) is 0 Å². The quantitative estimate of drug-likeness (QED) is 0.724. The lowest BCUT2D eigenvalue weighted by Crippen LogP contribution is -2.12. The highest BCUT2D eigenvalue weighted by molar-refractivity contribution is 5.44. The SMILES string of the molecule is COCCOCCNc1ccc(C)c(F)c1. The Morgan fingerprint density at radius 1 is 1.25 bits per heavy atom. The molecule has 4 heteroatoms. The zero-order valence-electron chi connectivity index (χ0n) is 9.75. The third kappa shape index (κ3) is 4.59. The maximum Gasteiger partial charge on any atom is 0.128 e. The van der Waals surface area contributed by atoms with Gasteiger partial charge in [0, 0.05) is 19.3 Å². The van der Waals surface area contributed by atoms with E-state index < -0.39 is 0 Å². The molecule has 1 aromatic carbocycles. The summed E-state index contributed by atoms with van der Waals surface area (Å²) in [7, 11) is 1.64. The highest BCUT2D eigenvalue weighted by Gasteiger charge is 1.98. The third-order valence-electron chi connectivity index (χ3n) is 2.18. The summed E-state index contributed by atoms with van der Waals surface area (Å²) in [5, 5.41) is 3.08. The molecule has 0 unspecified atom stereocenters. The minimum absolute atomic E-state index is 0.190. The molecule has 0 radical (unpaired) electrons. The summed E-state index contributed by atoms with van der Waals surface area (Å²) in [6.45, 7) is 4.16. The molecule has 0 aliphatic carbocycles. The van der Waals surface area contributed by atoms with Crippen molar-refractivity contribution >= 4 is 5.69 Å². The topological polar surface area (TPSA) is 30.5 Å². The lowest BCUT2D eigenvalue weighted by atomic mass is 10.2. The molecule has 16 heavy (non-hydrogen) atoms. The van der Waals surface area contributed by atoms with Gasteiger partial charge in [0.2, 0.25) is 0 Å². The Bertz CT molecular complexity index is 318. The summed E-state index contributed by atoms with van der Waals surface area (Å²) in [5.74, 6) is -0.190. The second-order valence-corrected chi connectivity index (χ2v) is 3.50. The maximum absolute atomic E-state index is 13.2. The first kappa shape index (κ1) is 12.9. The van der Waals surface area contributed by atoms with Crippen LogP contribution in [0.2, 0.25) is 0 Å². The molecule has 1 rings (SSSR count). The number of nitrogens with one attached hydrogen (secondary N) is 1. The fourth-order valence-corrected chi connectivity index (χ4v) is 1.21. The number of hydrogen-bond acceptors (Lipinski definition) is 3. The van der Waals surface area contributed by atoms with Crippen LogP contribution in [-0.2, 0) is 9.47 Å². The van der Waals surface area contributed by atoms with Crippen molar-refractivity contribution in [1.29, 1.82) is 0 Å². The normalized spacial score (nSPS) is 10.4. The second kappa shape index (κ2) is 7.19. The summed E-state index contributed by atoms with van der Waals surface area (Å²) in [5.41, 5.74) is 1.43. The summed E-state index contributed by atoms with van der Waals surface area (Å²) in [4.78, 5) is 0. The number of benzene rings is 1. The van der Waals surface area contributed by atoms with Gasteiger partial charge in [0.1, 0.15) is 5.82 Å². The van der Waals surface area contributed by atoms with Crippen molar-refractivity contribution < 1.29 is 13.9 Å². The van der Waals surface area contributed by atoms with E-state index in [2.05, 4.69) is 5.32 Å². The molecule has 0 amide bonds. The van der Waals surface area contributed by atoms with Crippen molar-refractivity contribution in [3.8, 4) is 0 Å². The zero-order chi connectivity index (χ0) is 11.8. The van der Waals surface area contributed by atoms with Gasteiger partial charge in [-0.3, -0.25) is 0 Å². The van der Waals surface area contributed by atoms with Crippen LogP contribution in [0.3, 0.4) is 0 Å². The van der Waals surface area contributed by atoms with E-state index >= 15 is 0 Å². The first-order valence-corrected chi connectivity index (χ1v) is 5.30. The van der Waals surface area contributed by atoms with E-state index in [1.54, 1.807) is 20.1 Å². The first-order chi connectivity index (χ1) is 7.74. The molecule has 0 heterocycles. The van der Waals surface area contributed by atoms with Crippen molar-refractivity contribution in [3.05, 3.63) is 29.6 Å². The average molecular weight is 227 g/mol. The van der Waals surface area contributed by atoms with E-state index in [-0.39, 0.29) is 5.82 Å². The van der Waals surface area contributed by atoms with Gasteiger partial charge in [0.05, 0.1) is 19.8 Å². The minimum Gasteiger partial charge on any atom is -0.383 e. The molecule has 0 aliphatic rings. The Kier molecular flexibility index (Phi) is 5.82. The molecule has 90 valence electrons. The summed E-state index contributed by atoms with van der Waals surface area (Å²) in [6, 6.07) is 5.10. The predicted molar refractivity (Wildman–Crippen MR) is 62.3 cm³/mol. The van der Waals surface area contributed by atoms with Gasteiger partial charge in [-0.1, -0.05) is 6.07 Å². The molecule has 0 aliphatic heterocycles. The molecule has 0 bridgehead atoms. The molecule has 0 saturated heterocycles. The van der Waals surface area contributed by atoms with E-state index in [1.165, 1.54) is 6.07 Å². The van der Waals surface area contributed by atoms with Crippen LogP contribution >= 0.6 is 0 Å². The Hall–Kier alpha value is -1.13. The number of methoxy groups -OCH3 is 1. The molecule has 0 fully saturated rings. The number of halogens is 1.